The molecule has 2 aliphatic rings. The van der Waals surface area contributed by atoms with E-state index in [0.29, 0.717) is 12.1 Å². The lowest BCUT2D eigenvalue weighted by molar-refractivity contribution is -0.140. The second-order valence-electron chi connectivity index (χ2n) is 5.76. The Morgan fingerprint density at radius 3 is 3.05 bits per heavy atom. The average Bonchev–Trinajstić information content (AvgIpc) is 3.13. The lowest BCUT2D eigenvalue weighted by Crippen LogP contribution is -2.40. The van der Waals surface area contributed by atoms with Crippen LogP contribution >= 0.6 is 0 Å². The number of furan rings is 1. The molecule has 6 nitrogen and oxygen atoms in total. The van der Waals surface area contributed by atoms with E-state index in [1.54, 1.807) is 13.2 Å². The van der Waals surface area contributed by atoms with Crippen molar-refractivity contribution in [3.8, 4) is 0 Å². The number of nitrogens with one attached hydrogen (secondary N) is 1. The summed E-state index contributed by atoms with van der Waals surface area (Å²) in [5.74, 6) is 0.179. The van der Waals surface area contributed by atoms with Crippen LogP contribution in [0, 0.1) is 5.92 Å². The van der Waals surface area contributed by atoms with Gasteiger partial charge in [-0.3, -0.25) is 4.79 Å². The molecule has 1 saturated carbocycles. The fourth-order valence-electron chi connectivity index (χ4n) is 3.43. The van der Waals surface area contributed by atoms with Gasteiger partial charge < -0.3 is 19.6 Å². The number of aliphatic hydroxyl groups is 1. The van der Waals surface area contributed by atoms with Gasteiger partial charge in [-0.2, -0.15) is 0 Å². The van der Waals surface area contributed by atoms with E-state index < -0.39 is 5.97 Å². The molecule has 2 N–H and O–H groups in total. The number of fused-ring (bicyclic) bond motifs is 1. The zero-order chi connectivity index (χ0) is 15.7. The number of rotatable bonds is 4. The van der Waals surface area contributed by atoms with Gasteiger partial charge >= 0.3 is 5.97 Å². The molecule has 1 aliphatic carbocycles. The second kappa shape index (κ2) is 5.96. The van der Waals surface area contributed by atoms with Crippen molar-refractivity contribution in [3.05, 3.63) is 35.4 Å². The first-order valence-electron chi connectivity index (χ1n) is 7.43. The van der Waals surface area contributed by atoms with Crippen LogP contribution in [0.3, 0.4) is 0 Å². The first kappa shape index (κ1) is 14.8. The first-order valence-corrected chi connectivity index (χ1v) is 7.43. The summed E-state index contributed by atoms with van der Waals surface area (Å²) in [7, 11) is 0. The first-order chi connectivity index (χ1) is 10.6. The molecule has 1 aliphatic heterocycles. The number of esters is 1. The summed E-state index contributed by atoms with van der Waals surface area (Å²) in [6.45, 7) is 1.53. The van der Waals surface area contributed by atoms with Gasteiger partial charge in [-0.05, 0) is 31.1 Å². The maximum Gasteiger partial charge on any atom is 0.354 e. The number of Topliss-reactive ketones (excluding diaryl/α,β-unsaturated/α-hetero) is 1. The summed E-state index contributed by atoms with van der Waals surface area (Å²) in [5.41, 5.74) is 1.09. The van der Waals surface area contributed by atoms with Crippen molar-refractivity contribution < 1.29 is 23.8 Å². The van der Waals surface area contributed by atoms with Gasteiger partial charge in [0.1, 0.15) is 23.8 Å². The van der Waals surface area contributed by atoms with Crippen molar-refractivity contribution in [2.75, 3.05) is 13.2 Å². The molecule has 3 rings (SSSR count). The van der Waals surface area contributed by atoms with Gasteiger partial charge in [0.15, 0.2) is 0 Å². The Labute approximate surface area is 128 Å². The van der Waals surface area contributed by atoms with Crippen molar-refractivity contribution >= 4 is 11.8 Å². The van der Waals surface area contributed by atoms with E-state index in [4.69, 9.17) is 14.3 Å². The molecule has 3 unspecified atom stereocenters. The van der Waals surface area contributed by atoms with Gasteiger partial charge in [0, 0.05) is 18.4 Å². The number of aliphatic hydroxyl groups excluding tert-OH is 1. The molecule has 6 heteroatoms. The van der Waals surface area contributed by atoms with E-state index in [-0.39, 0.29) is 36.9 Å². The van der Waals surface area contributed by atoms with Crippen LogP contribution < -0.4 is 5.32 Å². The van der Waals surface area contributed by atoms with Crippen LogP contribution in [0.5, 0.6) is 0 Å². The van der Waals surface area contributed by atoms with Crippen LogP contribution in [0.25, 0.3) is 0 Å². The van der Waals surface area contributed by atoms with Crippen LogP contribution in [-0.2, 0) is 14.3 Å². The van der Waals surface area contributed by atoms with Crippen LogP contribution in [0.1, 0.15) is 31.4 Å². The van der Waals surface area contributed by atoms with Gasteiger partial charge in [-0.25, -0.2) is 4.79 Å². The van der Waals surface area contributed by atoms with E-state index in [0.717, 1.165) is 17.8 Å². The van der Waals surface area contributed by atoms with Crippen LogP contribution in [0.4, 0.5) is 0 Å². The smallest absolute Gasteiger partial charge is 0.354 e. The number of ether oxygens (including phenoxy) is 1. The molecule has 1 fully saturated rings. The molecule has 0 radical (unpaired) electrons. The molecule has 1 aromatic rings. The van der Waals surface area contributed by atoms with Crippen molar-refractivity contribution in [3.63, 3.8) is 0 Å². The Morgan fingerprint density at radius 2 is 2.36 bits per heavy atom. The molecule has 0 spiro atoms. The summed E-state index contributed by atoms with van der Waals surface area (Å²) in [6.07, 6.45) is 2.76. The Hall–Kier alpha value is -2.08. The minimum atomic E-state index is -0.511. The summed E-state index contributed by atoms with van der Waals surface area (Å²) in [4.78, 5) is 24.5. The number of ketones is 1. The third-order valence-corrected chi connectivity index (χ3v) is 4.40. The number of hydrogen-bond donors (Lipinski definition) is 2. The largest absolute Gasteiger partial charge is 0.469 e. The maximum atomic E-state index is 12.5. The van der Waals surface area contributed by atoms with Crippen molar-refractivity contribution in [2.24, 2.45) is 5.92 Å². The van der Waals surface area contributed by atoms with Crippen LogP contribution in [0.2, 0.25) is 0 Å². The zero-order valence-electron chi connectivity index (χ0n) is 12.4. The molecule has 0 amide bonds. The van der Waals surface area contributed by atoms with Crippen LogP contribution in [-0.4, -0.2) is 36.1 Å². The topological polar surface area (TPSA) is 88.8 Å². The van der Waals surface area contributed by atoms with Crippen molar-refractivity contribution in [2.45, 2.75) is 31.7 Å². The molecule has 22 heavy (non-hydrogen) atoms. The number of hydrogen-bond acceptors (Lipinski definition) is 6. The third kappa shape index (κ3) is 2.54. The highest BCUT2D eigenvalue weighted by molar-refractivity contribution is 5.94. The van der Waals surface area contributed by atoms with E-state index in [1.165, 1.54) is 0 Å². The Balaban J connectivity index is 1.76. The SMILES string of the molecule is CC1=C(C(=O)OCCO)NC2CC(c3ccco3)CC(=O)C12. The fourth-order valence-corrected chi connectivity index (χ4v) is 3.43. The summed E-state index contributed by atoms with van der Waals surface area (Å²) >= 11 is 0. The molecule has 0 saturated heterocycles. The van der Waals surface area contributed by atoms with Gasteiger partial charge in [0.25, 0.3) is 0 Å². The maximum absolute atomic E-state index is 12.5. The number of carbonyl (C=O) groups is 2. The number of carbonyl (C=O) groups excluding carboxylic acids is 2. The molecular weight excluding hydrogens is 286 g/mol. The molecule has 0 bridgehead atoms. The predicted molar refractivity (Wildman–Crippen MR) is 76.8 cm³/mol. The third-order valence-electron chi connectivity index (χ3n) is 4.40. The summed E-state index contributed by atoms with van der Waals surface area (Å²) in [6, 6.07) is 3.59. The zero-order valence-corrected chi connectivity index (χ0v) is 12.4. The molecule has 3 atom stereocenters. The molecule has 1 aromatic heterocycles. The molecular formula is C16H19NO5. The van der Waals surface area contributed by atoms with E-state index >= 15 is 0 Å². The molecule has 2 heterocycles. The quantitative estimate of drug-likeness (QED) is 0.811. The lowest BCUT2D eigenvalue weighted by atomic mass is 9.75. The Morgan fingerprint density at radius 1 is 1.55 bits per heavy atom. The summed E-state index contributed by atoms with van der Waals surface area (Å²) < 4.78 is 10.4. The standard InChI is InChI=1S/C16H19NO5/c1-9-14-11(17-15(9)16(20)22-6-4-18)7-10(8-12(14)19)13-3-2-5-21-13/h2-3,5,10-11,14,17-18H,4,6-8H2,1H3. The van der Waals surface area contributed by atoms with Gasteiger partial charge in [0.2, 0.25) is 0 Å². The van der Waals surface area contributed by atoms with E-state index in [1.807, 2.05) is 12.1 Å². The summed E-state index contributed by atoms with van der Waals surface area (Å²) in [5, 5.41) is 11.9. The van der Waals surface area contributed by atoms with Crippen molar-refractivity contribution in [1.29, 1.82) is 0 Å². The monoisotopic (exact) mass is 305 g/mol. The minimum absolute atomic E-state index is 0.0388. The highest BCUT2D eigenvalue weighted by Gasteiger charge is 2.45. The van der Waals surface area contributed by atoms with E-state index in [9.17, 15) is 9.59 Å². The molecule has 118 valence electrons. The highest BCUT2D eigenvalue weighted by atomic mass is 16.5. The van der Waals surface area contributed by atoms with E-state index in [2.05, 4.69) is 5.32 Å². The fraction of sp³-hybridized carbons (Fsp3) is 0.500. The average molecular weight is 305 g/mol. The van der Waals surface area contributed by atoms with Gasteiger partial charge in [0.05, 0.1) is 18.8 Å². The highest BCUT2D eigenvalue weighted by Crippen LogP contribution is 2.40. The van der Waals surface area contributed by atoms with Crippen LogP contribution in [0.15, 0.2) is 34.1 Å². The van der Waals surface area contributed by atoms with Gasteiger partial charge in [-0.1, -0.05) is 0 Å². The Kier molecular flexibility index (Phi) is 4.02. The lowest BCUT2D eigenvalue weighted by Gasteiger charge is -2.30. The second-order valence-corrected chi connectivity index (χ2v) is 5.76. The minimum Gasteiger partial charge on any atom is -0.469 e. The Bertz CT molecular complexity index is 604. The van der Waals surface area contributed by atoms with Gasteiger partial charge in [-0.15, -0.1) is 0 Å². The van der Waals surface area contributed by atoms with Crippen molar-refractivity contribution in [1.82, 2.24) is 5.32 Å². The normalized spacial score (nSPS) is 27.5. The molecule has 0 aromatic carbocycles. The predicted octanol–water partition coefficient (Wildman–Crippen LogP) is 1.12.